The Balaban J connectivity index is 1.63. The van der Waals surface area contributed by atoms with Gasteiger partial charge in [-0.1, -0.05) is 23.8 Å². The van der Waals surface area contributed by atoms with Crippen LogP contribution in [0.4, 0.5) is 5.69 Å². The maximum absolute atomic E-state index is 12.9. The van der Waals surface area contributed by atoms with Crippen LogP contribution in [0.5, 0.6) is 5.75 Å². The van der Waals surface area contributed by atoms with Gasteiger partial charge in [0.1, 0.15) is 5.75 Å². The van der Waals surface area contributed by atoms with Crippen LogP contribution >= 0.6 is 11.6 Å². The first-order chi connectivity index (χ1) is 11.5. The highest BCUT2D eigenvalue weighted by Gasteiger charge is 2.63. The van der Waals surface area contributed by atoms with E-state index in [0.717, 1.165) is 6.42 Å². The number of hydrogen-bond acceptors (Lipinski definition) is 3. The molecule has 0 saturated heterocycles. The minimum absolute atomic E-state index is 0.00581. The zero-order chi connectivity index (χ0) is 17.0. The lowest BCUT2D eigenvalue weighted by Crippen LogP contribution is -2.48. The first-order valence-corrected chi connectivity index (χ1v) is 8.44. The van der Waals surface area contributed by atoms with E-state index in [2.05, 4.69) is 5.32 Å². The molecule has 2 N–H and O–H groups in total. The van der Waals surface area contributed by atoms with Gasteiger partial charge in [-0.15, -0.1) is 0 Å². The smallest absolute Gasteiger partial charge is 0.307 e. The number of ether oxygens (including phenoxy) is 1. The van der Waals surface area contributed by atoms with Crippen LogP contribution in [-0.4, -0.2) is 24.1 Å². The highest BCUT2D eigenvalue weighted by molar-refractivity contribution is 6.31. The van der Waals surface area contributed by atoms with Crippen molar-refractivity contribution >= 4 is 29.2 Å². The van der Waals surface area contributed by atoms with Gasteiger partial charge in [0, 0.05) is 5.02 Å². The van der Waals surface area contributed by atoms with Crippen molar-refractivity contribution in [1.82, 2.24) is 0 Å². The molecular formula is C18H18ClNO4. The molecule has 0 aliphatic heterocycles. The van der Waals surface area contributed by atoms with Gasteiger partial charge in [-0.3, -0.25) is 9.59 Å². The largest absolute Gasteiger partial charge is 0.495 e. The Hall–Kier alpha value is -2.01. The molecule has 6 heteroatoms. The van der Waals surface area contributed by atoms with Crippen molar-refractivity contribution in [3.63, 3.8) is 0 Å². The molecular weight excluding hydrogens is 330 g/mol. The molecule has 2 fully saturated rings. The minimum Gasteiger partial charge on any atom is -0.495 e. The van der Waals surface area contributed by atoms with Gasteiger partial charge < -0.3 is 15.2 Å². The van der Waals surface area contributed by atoms with Gasteiger partial charge in [-0.2, -0.15) is 0 Å². The fraction of sp³-hybridized carbons (Fsp3) is 0.444. The average molecular weight is 348 g/mol. The van der Waals surface area contributed by atoms with Crippen molar-refractivity contribution in [1.29, 1.82) is 0 Å². The molecule has 0 heterocycles. The van der Waals surface area contributed by atoms with Gasteiger partial charge in [0.15, 0.2) is 0 Å². The lowest BCUT2D eigenvalue weighted by Gasteiger charge is -2.41. The van der Waals surface area contributed by atoms with Crippen LogP contribution in [0.15, 0.2) is 30.4 Å². The number of methoxy groups -OCH3 is 1. The molecule has 4 aliphatic carbocycles. The minimum atomic E-state index is -0.891. The molecule has 0 spiro atoms. The second-order valence-electron chi connectivity index (χ2n) is 6.83. The van der Waals surface area contributed by atoms with Crippen molar-refractivity contribution in [2.75, 3.05) is 12.4 Å². The summed E-state index contributed by atoms with van der Waals surface area (Å²) in [6, 6.07) is 4.97. The summed E-state index contributed by atoms with van der Waals surface area (Å²) in [6.45, 7) is 0. The number of halogens is 1. The van der Waals surface area contributed by atoms with Crippen molar-refractivity contribution in [2.24, 2.45) is 35.5 Å². The van der Waals surface area contributed by atoms with Crippen LogP contribution in [0.2, 0.25) is 5.02 Å². The summed E-state index contributed by atoms with van der Waals surface area (Å²) in [7, 11) is 1.51. The molecule has 2 bridgehead atoms. The van der Waals surface area contributed by atoms with E-state index in [0.29, 0.717) is 28.3 Å². The van der Waals surface area contributed by atoms with Crippen molar-refractivity contribution < 1.29 is 19.4 Å². The molecule has 0 radical (unpaired) electrons. The van der Waals surface area contributed by atoms with E-state index in [1.165, 1.54) is 7.11 Å². The SMILES string of the molecule is COc1ccc(Cl)cc1NC(=O)[C@@H]1[C@H]2C=C[C@H]([C@H]3C[C@@H]23)[C@H]1C(=O)O. The van der Waals surface area contributed by atoms with Gasteiger partial charge in [-0.25, -0.2) is 0 Å². The highest BCUT2D eigenvalue weighted by Crippen LogP contribution is 2.63. The van der Waals surface area contributed by atoms with Crippen LogP contribution < -0.4 is 10.1 Å². The number of amides is 1. The second-order valence-corrected chi connectivity index (χ2v) is 7.26. The third kappa shape index (κ3) is 2.30. The van der Waals surface area contributed by atoms with E-state index in [-0.39, 0.29) is 17.7 Å². The Bertz CT molecular complexity index is 747. The average Bonchev–Trinajstić information content (AvgIpc) is 3.36. The molecule has 126 valence electrons. The van der Waals surface area contributed by atoms with E-state index in [1.54, 1.807) is 18.2 Å². The number of carboxylic acid groups (broad SMARTS) is 1. The van der Waals surface area contributed by atoms with Crippen LogP contribution in [0.3, 0.4) is 0 Å². The van der Waals surface area contributed by atoms with Crippen molar-refractivity contribution in [3.8, 4) is 5.75 Å². The van der Waals surface area contributed by atoms with E-state index < -0.39 is 17.8 Å². The van der Waals surface area contributed by atoms with Gasteiger partial charge in [0.05, 0.1) is 24.6 Å². The Kier molecular flexibility index (Phi) is 3.57. The molecule has 24 heavy (non-hydrogen) atoms. The summed E-state index contributed by atoms with van der Waals surface area (Å²) in [5.74, 6) is -1.01. The molecule has 5 nitrogen and oxygen atoms in total. The summed E-state index contributed by atoms with van der Waals surface area (Å²) in [5, 5.41) is 13.0. The molecule has 2 saturated carbocycles. The Labute approximate surface area is 144 Å². The van der Waals surface area contributed by atoms with E-state index in [9.17, 15) is 14.7 Å². The van der Waals surface area contributed by atoms with Gasteiger partial charge in [0.25, 0.3) is 0 Å². The third-order valence-corrected chi connectivity index (χ3v) is 5.89. The molecule has 6 atom stereocenters. The number of allylic oxidation sites excluding steroid dienone is 2. The van der Waals surface area contributed by atoms with Gasteiger partial charge in [0.2, 0.25) is 5.91 Å². The van der Waals surface area contributed by atoms with E-state index in [1.807, 2.05) is 12.2 Å². The zero-order valence-corrected chi connectivity index (χ0v) is 13.9. The summed E-state index contributed by atoms with van der Waals surface area (Å²) in [5.41, 5.74) is 0.469. The summed E-state index contributed by atoms with van der Waals surface area (Å²) < 4.78 is 5.25. The number of carboxylic acids is 1. The number of nitrogens with one attached hydrogen (secondary N) is 1. The Morgan fingerprint density at radius 2 is 1.88 bits per heavy atom. The van der Waals surface area contributed by atoms with Crippen LogP contribution in [0.25, 0.3) is 0 Å². The number of anilines is 1. The van der Waals surface area contributed by atoms with Crippen LogP contribution in [-0.2, 0) is 9.59 Å². The number of rotatable bonds is 4. The number of aliphatic carboxylic acids is 1. The monoisotopic (exact) mass is 347 g/mol. The predicted molar refractivity (Wildman–Crippen MR) is 89.0 cm³/mol. The maximum Gasteiger partial charge on any atom is 0.307 e. The van der Waals surface area contributed by atoms with Gasteiger partial charge >= 0.3 is 5.97 Å². The maximum atomic E-state index is 12.9. The number of carbonyl (C=O) groups is 2. The number of fused-ring (bicyclic) bond motifs is 1. The predicted octanol–water partition coefficient (Wildman–Crippen LogP) is 3.06. The Morgan fingerprint density at radius 1 is 1.21 bits per heavy atom. The fourth-order valence-electron chi connectivity index (χ4n) is 4.56. The third-order valence-electron chi connectivity index (χ3n) is 5.66. The lowest BCUT2D eigenvalue weighted by molar-refractivity contribution is -0.152. The molecule has 0 aromatic heterocycles. The molecule has 1 amide bonds. The standard InChI is InChI=1S/C18H18ClNO4/c1-24-14-5-2-8(19)6-13(14)20-17(21)15-9-3-4-10(12-7-11(9)12)16(15)18(22)23/h2-6,9-12,15-16H,7H2,1H3,(H,20,21)(H,22,23)/t9-,10+,11-,12+,15+,16+/m0/s1. The summed E-state index contributed by atoms with van der Waals surface area (Å²) in [4.78, 5) is 24.7. The zero-order valence-electron chi connectivity index (χ0n) is 13.1. The topological polar surface area (TPSA) is 75.6 Å². The van der Waals surface area contributed by atoms with E-state index >= 15 is 0 Å². The van der Waals surface area contributed by atoms with Crippen LogP contribution in [0, 0.1) is 35.5 Å². The molecule has 0 unspecified atom stereocenters. The van der Waals surface area contributed by atoms with Gasteiger partial charge in [-0.05, 0) is 48.3 Å². The first kappa shape index (κ1) is 15.5. The molecule has 4 aliphatic rings. The molecule has 1 aromatic carbocycles. The molecule has 1 aromatic rings. The summed E-state index contributed by atoms with van der Waals surface area (Å²) in [6.07, 6.45) is 5.06. The van der Waals surface area contributed by atoms with Crippen LogP contribution in [0.1, 0.15) is 6.42 Å². The highest BCUT2D eigenvalue weighted by atomic mass is 35.5. The number of carbonyl (C=O) groups excluding carboxylic acids is 1. The van der Waals surface area contributed by atoms with Crippen molar-refractivity contribution in [3.05, 3.63) is 35.4 Å². The number of hydrogen-bond donors (Lipinski definition) is 2. The first-order valence-electron chi connectivity index (χ1n) is 8.07. The normalized spacial score (nSPS) is 35.2. The lowest BCUT2D eigenvalue weighted by atomic mass is 9.62. The molecule has 5 rings (SSSR count). The quantitative estimate of drug-likeness (QED) is 0.821. The number of benzene rings is 1. The van der Waals surface area contributed by atoms with E-state index in [4.69, 9.17) is 16.3 Å². The summed E-state index contributed by atoms with van der Waals surface area (Å²) >= 11 is 6.00. The van der Waals surface area contributed by atoms with Crippen molar-refractivity contribution in [2.45, 2.75) is 6.42 Å². The second kappa shape index (κ2) is 5.52. The Morgan fingerprint density at radius 3 is 2.50 bits per heavy atom. The fourth-order valence-corrected chi connectivity index (χ4v) is 4.74.